The number of benzene rings is 1. The van der Waals surface area contributed by atoms with Gasteiger partial charge in [-0.05, 0) is 76.0 Å². The van der Waals surface area contributed by atoms with Crippen molar-refractivity contribution in [2.75, 3.05) is 60.2 Å². The molecule has 2 unspecified atom stereocenters. The van der Waals surface area contributed by atoms with Crippen molar-refractivity contribution in [2.45, 2.75) is 45.1 Å². The van der Waals surface area contributed by atoms with Crippen LogP contribution in [0.1, 0.15) is 34.6 Å². The maximum absolute atomic E-state index is 12.6. The molecule has 1 aliphatic heterocycles. The molecule has 2 atom stereocenters. The number of nitrogens with zero attached hydrogens (tertiary/aromatic N) is 3. The van der Waals surface area contributed by atoms with Gasteiger partial charge in [0.2, 0.25) is 6.41 Å². The molecule has 46 heavy (non-hydrogen) atoms. The van der Waals surface area contributed by atoms with Crippen LogP contribution < -0.4 is 16.4 Å². The average Bonchev–Trinajstić information content (AvgIpc) is 3.56. The van der Waals surface area contributed by atoms with E-state index < -0.39 is 18.6 Å². The molecule has 10 nitrogen and oxygen atoms in total. The van der Waals surface area contributed by atoms with E-state index >= 15 is 0 Å². The average molecular weight is 647 g/mol. The Bertz CT molecular complexity index is 1460. The zero-order chi connectivity index (χ0) is 33.5. The molecular weight excluding hydrogens is 601 g/mol. The fraction of sp³-hybridized carbons (Fsp3) is 0.515. The first-order valence-corrected chi connectivity index (χ1v) is 15.3. The largest absolute Gasteiger partial charge is 0.406 e. The summed E-state index contributed by atoms with van der Waals surface area (Å²) in [5.41, 5.74) is 7.68. The Hall–Kier alpha value is -3.83. The van der Waals surface area contributed by atoms with Crippen LogP contribution in [-0.4, -0.2) is 98.7 Å². The molecule has 1 saturated heterocycles. The third-order valence-electron chi connectivity index (χ3n) is 7.71. The normalized spacial score (nSPS) is 16.7. The Labute approximate surface area is 268 Å². The molecule has 0 radical (unpaired) electrons. The topological polar surface area (TPSA) is 116 Å². The van der Waals surface area contributed by atoms with E-state index in [1.807, 2.05) is 24.7 Å². The SMILES string of the molecule is CNC1CCN(C)CC1CCOCCOCCn1cc(C)cc1C(N)=O.O=CNCC#Cc1cc2ccccc2n1CC(F)(F)F. The number of para-hydroxylation sites is 1. The van der Waals surface area contributed by atoms with Crippen LogP contribution in [0.5, 0.6) is 0 Å². The van der Waals surface area contributed by atoms with Crippen molar-refractivity contribution in [3.63, 3.8) is 0 Å². The van der Waals surface area contributed by atoms with Gasteiger partial charge in [-0.3, -0.25) is 9.59 Å². The Morgan fingerprint density at radius 1 is 1.15 bits per heavy atom. The van der Waals surface area contributed by atoms with E-state index in [9.17, 15) is 22.8 Å². The van der Waals surface area contributed by atoms with E-state index in [-0.39, 0.29) is 12.2 Å². The van der Waals surface area contributed by atoms with Crippen molar-refractivity contribution in [1.82, 2.24) is 24.7 Å². The first kappa shape index (κ1) is 36.6. The molecule has 3 heterocycles. The summed E-state index contributed by atoms with van der Waals surface area (Å²) in [6, 6.07) is 10.8. The van der Waals surface area contributed by atoms with Gasteiger partial charge in [-0.25, -0.2) is 0 Å². The predicted octanol–water partition coefficient (Wildman–Crippen LogP) is 3.16. The fourth-order valence-electron chi connectivity index (χ4n) is 5.55. The van der Waals surface area contributed by atoms with Gasteiger partial charge >= 0.3 is 6.18 Å². The number of alkyl halides is 3. The summed E-state index contributed by atoms with van der Waals surface area (Å²) in [4.78, 5) is 23.8. The number of halogens is 3. The molecule has 0 bridgehead atoms. The lowest BCUT2D eigenvalue weighted by atomic mass is 9.90. The molecule has 0 spiro atoms. The zero-order valence-corrected chi connectivity index (χ0v) is 26.7. The highest BCUT2D eigenvalue weighted by atomic mass is 19.4. The molecule has 4 N–H and O–H groups in total. The van der Waals surface area contributed by atoms with E-state index in [1.54, 1.807) is 36.4 Å². The minimum absolute atomic E-state index is 0.0943. The van der Waals surface area contributed by atoms with Crippen molar-refractivity contribution in [1.29, 1.82) is 0 Å². The molecule has 4 rings (SSSR count). The highest BCUT2D eigenvalue weighted by molar-refractivity contribution is 5.91. The number of fused-ring (bicyclic) bond motifs is 1. The minimum atomic E-state index is -4.32. The quantitative estimate of drug-likeness (QED) is 0.141. The van der Waals surface area contributed by atoms with Gasteiger partial charge < -0.3 is 39.9 Å². The van der Waals surface area contributed by atoms with Crippen LogP contribution in [0, 0.1) is 24.7 Å². The van der Waals surface area contributed by atoms with Crippen molar-refractivity contribution < 1.29 is 32.2 Å². The lowest BCUT2D eigenvalue weighted by molar-refractivity contribution is -0.140. The summed E-state index contributed by atoms with van der Waals surface area (Å²) < 4.78 is 52.2. The van der Waals surface area contributed by atoms with Crippen molar-refractivity contribution >= 4 is 23.2 Å². The minimum Gasteiger partial charge on any atom is -0.379 e. The monoisotopic (exact) mass is 646 g/mol. The number of nitrogens with one attached hydrogen (secondary N) is 2. The number of hydrogen-bond donors (Lipinski definition) is 3. The summed E-state index contributed by atoms with van der Waals surface area (Å²) in [5, 5.41) is 6.46. The van der Waals surface area contributed by atoms with E-state index in [4.69, 9.17) is 15.2 Å². The molecule has 252 valence electrons. The van der Waals surface area contributed by atoms with E-state index in [0.29, 0.717) is 61.3 Å². The first-order chi connectivity index (χ1) is 22.0. The van der Waals surface area contributed by atoms with Crippen molar-refractivity contribution in [3.8, 4) is 11.8 Å². The second kappa shape index (κ2) is 18.3. The lowest BCUT2D eigenvalue weighted by Gasteiger charge is -2.36. The van der Waals surface area contributed by atoms with Crippen molar-refractivity contribution in [2.24, 2.45) is 11.7 Å². The van der Waals surface area contributed by atoms with Crippen LogP contribution in [-0.2, 0) is 27.4 Å². The van der Waals surface area contributed by atoms with Gasteiger partial charge in [0, 0.05) is 42.8 Å². The van der Waals surface area contributed by atoms with E-state index in [1.165, 1.54) is 6.42 Å². The zero-order valence-electron chi connectivity index (χ0n) is 26.7. The van der Waals surface area contributed by atoms with Gasteiger partial charge in [-0.1, -0.05) is 24.1 Å². The maximum Gasteiger partial charge on any atom is 0.406 e. The number of carbonyl (C=O) groups is 2. The van der Waals surface area contributed by atoms with Gasteiger partial charge in [-0.15, -0.1) is 0 Å². The molecule has 2 aromatic heterocycles. The third kappa shape index (κ3) is 11.8. The number of primary amides is 1. The Balaban J connectivity index is 0.000000259. The first-order valence-electron chi connectivity index (χ1n) is 15.3. The number of hydrogen-bond acceptors (Lipinski definition) is 6. The molecule has 13 heteroatoms. The van der Waals surface area contributed by atoms with Crippen LogP contribution in [0.15, 0.2) is 42.6 Å². The Kier molecular flexibility index (Phi) is 14.6. The Morgan fingerprint density at radius 3 is 2.59 bits per heavy atom. The molecular formula is C33H45F3N6O4. The molecule has 0 saturated carbocycles. The highest BCUT2D eigenvalue weighted by Crippen LogP contribution is 2.25. The van der Waals surface area contributed by atoms with Crippen LogP contribution in [0.4, 0.5) is 13.2 Å². The Morgan fingerprint density at radius 2 is 1.89 bits per heavy atom. The number of piperidine rings is 1. The van der Waals surface area contributed by atoms with Gasteiger partial charge in [0.1, 0.15) is 12.2 Å². The number of aryl methyl sites for hydroxylation is 1. The summed E-state index contributed by atoms with van der Waals surface area (Å²) in [5.74, 6) is 5.50. The number of aromatic nitrogens is 2. The van der Waals surface area contributed by atoms with Gasteiger partial charge in [0.15, 0.2) is 0 Å². The molecule has 0 aliphatic carbocycles. The van der Waals surface area contributed by atoms with Crippen LogP contribution in [0.3, 0.4) is 0 Å². The summed E-state index contributed by atoms with van der Waals surface area (Å²) >= 11 is 0. The van der Waals surface area contributed by atoms with Crippen molar-refractivity contribution in [3.05, 3.63) is 59.5 Å². The van der Waals surface area contributed by atoms with Gasteiger partial charge in [-0.2, -0.15) is 13.2 Å². The lowest BCUT2D eigenvalue weighted by Crippen LogP contribution is -2.47. The predicted molar refractivity (Wildman–Crippen MR) is 171 cm³/mol. The molecule has 3 aromatic rings. The summed E-state index contributed by atoms with van der Waals surface area (Å²) in [7, 11) is 4.23. The second-order valence-electron chi connectivity index (χ2n) is 11.3. The highest BCUT2D eigenvalue weighted by Gasteiger charge is 2.29. The molecule has 1 aromatic carbocycles. The molecule has 1 aliphatic rings. The van der Waals surface area contributed by atoms with Crippen LogP contribution in [0.2, 0.25) is 0 Å². The van der Waals surface area contributed by atoms with E-state index in [2.05, 4.69) is 34.4 Å². The smallest absolute Gasteiger partial charge is 0.379 e. The van der Waals surface area contributed by atoms with Crippen LogP contribution in [0.25, 0.3) is 10.9 Å². The number of nitrogens with two attached hydrogens (primary N) is 1. The fourth-order valence-corrected chi connectivity index (χ4v) is 5.55. The summed E-state index contributed by atoms with van der Waals surface area (Å²) in [6.07, 6.45) is 0.353. The van der Waals surface area contributed by atoms with Gasteiger partial charge in [0.25, 0.3) is 5.91 Å². The third-order valence-corrected chi connectivity index (χ3v) is 7.71. The standard InChI is InChI=1S/C19H34N4O3.C14H11F3N2O/c1-15-12-18(19(20)24)23(13-15)7-9-26-11-10-25-8-5-16-14-22(3)6-4-17(16)21-2;15-14(16,17)9-19-12(5-3-7-18-10-20)8-11-4-1-2-6-13(11)19/h12-13,16-17,21H,4-11,14H2,1-3H3,(H2,20,24);1-2,4,6,8,10H,7,9H2,(H,18,20). The number of likely N-dealkylation sites (tertiary alicyclic amines) is 1. The summed E-state index contributed by atoms with van der Waals surface area (Å²) in [6.45, 7) is 6.31. The number of carbonyl (C=O) groups excluding carboxylic acids is 2. The molecule has 1 fully saturated rings. The number of rotatable bonds is 14. The molecule has 2 amide bonds. The maximum atomic E-state index is 12.6. The second-order valence-corrected chi connectivity index (χ2v) is 11.3. The number of amides is 2. The van der Waals surface area contributed by atoms with E-state index in [0.717, 1.165) is 36.2 Å². The number of ether oxygens (including phenoxy) is 2. The van der Waals surface area contributed by atoms with Crippen LogP contribution >= 0.6 is 0 Å². The van der Waals surface area contributed by atoms with Gasteiger partial charge in [0.05, 0.1) is 32.1 Å².